The Kier molecular flexibility index (Phi) is 4.11. The molecule has 2 rings (SSSR count). The summed E-state index contributed by atoms with van der Waals surface area (Å²) in [7, 11) is 0. The molecule has 0 aliphatic carbocycles. The van der Waals surface area contributed by atoms with Gasteiger partial charge in [0.1, 0.15) is 0 Å². The van der Waals surface area contributed by atoms with E-state index in [1.807, 2.05) is 6.07 Å². The summed E-state index contributed by atoms with van der Waals surface area (Å²) in [6.45, 7) is 0.366. The van der Waals surface area contributed by atoms with Crippen LogP contribution < -0.4 is 10.2 Å². The van der Waals surface area contributed by atoms with Crippen LogP contribution >= 0.6 is 11.3 Å². The number of thiazole rings is 1. The van der Waals surface area contributed by atoms with Gasteiger partial charge >= 0.3 is 4.87 Å². The fourth-order valence-electron chi connectivity index (χ4n) is 1.53. The van der Waals surface area contributed by atoms with Crippen LogP contribution in [0.25, 0.3) is 0 Å². The number of carbonyl (C=O) groups excluding carboxylic acids is 1. The van der Waals surface area contributed by atoms with Crippen molar-refractivity contribution in [1.29, 1.82) is 5.26 Å². The van der Waals surface area contributed by atoms with Gasteiger partial charge in [-0.3, -0.25) is 9.59 Å². The lowest BCUT2D eigenvalue weighted by molar-refractivity contribution is -0.116. The predicted octanol–water partition coefficient (Wildman–Crippen LogP) is 1.81. The number of rotatable bonds is 4. The maximum absolute atomic E-state index is 11.7. The number of hydrogen-bond donors (Lipinski definition) is 1. The van der Waals surface area contributed by atoms with Gasteiger partial charge in [-0.2, -0.15) is 5.26 Å². The van der Waals surface area contributed by atoms with Gasteiger partial charge in [0.15, 0.2) is 0 Å². The number of hydrogen-bond acceptors (Lipinski definition) is 4. The fraction of sp³-hybridized carbons (Fsp3) is 0.154. The Bertz CT molecular complexity index is 664. The number of nitrogens with zero attached hydrogens (tertiary/aromatic N) is 2. The molecule has 1 amide bonds. The average molecular weight is 273 g/mol. The van der Waals surface area contributed by atoms with E-state index in [2.05, 4.69) is 5.32 Å². The van der Waals surface area contributed by atoms with E-state index < -0.39 is 0 Å². The number of aryl methyl sites for hydroxylation is 1. The minimum Gasteiger partial charge on any atom is -0.326 e. The third-order valence-corrected chi connectivity index (χ3v) is 3.22. The minimum atomic E-state index is -0.164. The van der Waals surface area contributed by atoms with E-state index in [-0.39, 0.29) is 17.2 Å². The summed E-state index contributed by atoms with van der Waals surface area (Å²) < 4.78 is 1.50. The van der Waals surface area contributed by atoms with E-state index in [9.17, 15) is 9.59 Å². The van der Waals surface area contributed by atoms with Crippen LogP contribution in [0.2, 0.25) is 0 Å². The van der Waals surface area contributed by atoms with Crippen molar-refractivity contribution < 1.29 is 4.79 Å². The number of carbonyl (C=O) groups is 1. The summed E-state index contributed by atoms with van der Waals surface area (Å²) in [4.78, 5) is 22.9. The molecule has 0 aliphatic heterocycles. The van der Waals surface area contributed by atoms with Gasteiger partial charge in [-0.25, -0.2) is 0 Å². The number of amides is 1. The molecule has 0 saturated heterocycles. The van der Waals surface area contributed by atoms with Gasteiger partial charge < -0.3 is 9.88 Å². The summed E-state index contributed by atoms with van der Waals surface area (Å²) in [5.74, 6) is -0.164. The van der Waals surface area contributed by atoms with Crippen LogP contribution in [0, 0.1) is 11.3 Å². The molecule has 0 aliphatic rings. The molecule has 1 aromatic heterocycles. The monoisotopic (exact) mass is 273 g/mol. The van der Waals surface area contributed by atoms with Gasteiger partial charge in [-0.1, -0.05) is 11.3 Å². The lowest BCUT2D eigenvalue weighted by Gasteiger charge is -2.05. The second-order valence-electron chi connectivity index (χ2n) is 3.85. The van der Waals surface area contributed by atoms with Gasteiger partial charge in [0, 0.05) is 30.2 Å². The first-order chi connectivity index (χ1) is 9.19. The topological polar surface area (TPSA) is 74.9 Å². The zero-order valence-corrected chi connectivity index (χ0v) is 10.8. The standard InChI is InChI=1S/C13H11N3O2S/c14-9-10-1-3-11(4-2-10)15-12(17)5-6-16-7-8-19-13(16)18/h1-4,7-8H,5-6H2,(H,15,17). The van der Waals surface area contributed by atoms with Crippen LogP contribution in [0.3, 0.4) is 0 Å². The van der Waals surface area contributed by atoms with Gasteiger partial charge in [0.25, 0.3) is 0 Å². The third-order valence-electron chi connectivity index (χ3n) is 2.52. The number of benzene rings is 1. The zero-order valence-electron chi connectivity index (χ0n) is 10.00. The maximum atomic E-state index is 11.7. The SMILES string of the molecule is N#Cc1ccc(NC(=O)CCn2ccsc2=O)cc1. The normalized spacial score (nSPS) is 9.84. The second kappa shape index (κ2) is 5.98. The smallest absolute Gasteiger partial charge is 0.307 e. The molecule has 0 bridgehead atoms. The van der Waals surface area contributed by atoms with Crippen molar-refractivity contribution >= 4 is 22.9 Å². The Labute approximate surface area is 113 Å². The quantitative estimate of drug-likeness (QED) is 0.923. The van der Waals surface area contributed by atoms with Gasteiger partial charge in [0.05, 0.1) is 11.6 Å². The zero-order chi connectivity index (χ0) is 13.7. The van der Waals surface area contributed by atoms with Crippen LogP contribution in [-0.2, 0) is 11.3 Å². The molecule has 1 N–H and O–H groups in total. The third kappa shape index (κ3) is 3.53. The Morgan fingerprint density at radius 2 is 2.11 bits per heavy atom. The summed E-state index contributed by atoms with van der Waals surface area (Å²) >= 11 is 1.11. The van der Waals surface area contributed by atoms with Crippen molar-refractivity contribution in [3.63, 3.8) is 0 Å². The lowest BCUT2D eigenvalue weighted by Crippen LogP contribution is -2.18. The molecule has 6 heteroatoms. The summed E-state index contributed by atoms with van der Waals surface area (Å²) in [6.07, 6.45) is 1.90. The molecule has 2 aromatic rings. The van der Waals surface area contributed by atoms with E-state index in [1.165, 1.54) is 4.57 Å². The highest BCUT2D eigenvalue weighted by atomic mass is 32.1. The van der Waals surface area contributed by atoms with Crippen LogP contribution in [-0.4, -0.2) is 10.5 Å². The van der Waals surface area contributed by atoms with Gasteiger partial charge in [0.2, 0.25) is 5.91 Å². The molecule has 0 spiro atoms. The van der Waals surface area contributed by atoms with Crippen LogP contribution in [0.1, 0.15) is 12.0 Å². The van der Waals surface area contributed by atoms with E-state index in [0.717, 1.165) is 11.3 Å². The molecule has 1 heterocycles. The van der Waals surface area contributed by atoms with E-state index in [0.29, 0.717) is 17.8 Å². The second-order valence-corrected chi connectivity index (χ2v) is 4.71. The number of anilines is 1. The predicted molar refractivity (Wildman–Crippen MR) is 73.0 cm³/mol. The Balaban J connectivity index is 1.89. The summed E-state index contributed by atoms with van der Waals surface area (Å²) in [6, 6.07) is 8.63. The first-order valence-electron chi connectivity index (χ1n) is 5.63. The first-order valence-corrected chi connectivity index (χ1v) is 6.51. The van der Waals surface area contributed by atoms with Gasteiger partial charge in [-0.05, 0) is 24.3 Å². The largest absolute Gasteiger partial charge is 0.326 e. The fourth-order valence-corrected chi connectivity index (χ4v) is 2.14. The van der Waals surface area contributed by atoms with E-state index >= 15 is 0 Å². The highest BCUT2D eigenvalue weighted by Crippen LogP contribution is 2.09. The van der Waals surface area contributed by atoms with Crippen LogP contribution in [0.5, 0.6) is 0 Å². The molecule has 5 nitrogen and oxygen atoms in total. The van der Waals surface area contributed by atoms with Crippen molar-refractivity contribution in [2.24, 2.45) is 0 Å². The molecule has 0 atom stereocenters. The minimum absolute atomic E-state index is 0.0637. The molecule has 0 radical (unpaired) electrons. The Morgan fingerprint density at radius 3 is 2.68 bits per heavy atom. The van der Waals surface area contributed by atoms with Crippen molar-refractivity contribution in [3.05, 3.63) is 51.1 Å². The Hall–Kier alpha value is -2.39. The Morgan fingerprint density at radius 1 is 1.37 bits per heavy atom. The highest BCUT2D eigenvalue weighted by molar-refractivity contribution is 7.07. The first kappa shape index (κ1) is 13.1. The molecule has 0 fully saturated rings. The van der Waals surface area contributed by atoms with E-state index in [4.69, 9.17) is 5.26 Å². The number of nitrogens with one attached hydrogen (secondary N) is 1. The molecule has 1 aromatic carbocycles. The summed E-state index contributed by atoms with van der Waals surface area (Å²) in [5, 5.41) is 13.1. The lowest BCUT2D eigenvalue weighted by atomic mass is 10.2. The van der Waals surface area contributed by atoms with Gasteiger partial charge in [-0.15, -0.1) is 0 Å². The number of nitriles is 1. The van der Waals surface area contributed by atoms with Crippen LogP contribution in [0.15, 0.2) is 40.6 Å². The molecule has 19 heavy (non-hydrogen) atoms. The average Bonchev–Trinajstić information content (AvgIpc) is 2.83. The van der Waals surface area contributed by atoms with Crippen molar-refractivity contribution in [2.75, 3.05) is 5.32 Å². The van der Waals surface area contributed by atoms with E-state index in [1.54, 1.807) is 35.8 Å². The highest BCUT2D eigenvalue weighted by Gasteiger charge is 2.04. The molecular weight excluding hydrogens is 262 g/mol. The van der Waals surface area contributed by atoms with Crippen molar-refractivity contribution in [1.82, 2.24) is 4.57 Å². The maximum Gasteiger partial charge on any atom is 0.307 e. The van der Waals surface area contributed by atoms with Crippen molar-refractivity contribution in [2.45, 2.75) is 13.0 Å². The summed E-state index contributed by atoms with van der Waals surface area (Å²) in [5.41, 5.74) is 1.18. The molecule has 0 unspecified atom stereocenters. The number of aromatic nitrogens is 1. The molecule has 96 valence electrons. The van der Waals surface area contributed by atoms with Crippen molar-refractivity contribution in [3.8, 4) is 6.07 Å². The molecular formula is C13H11N3O2S. The van der Waals surface area contributed by atoms with Crippen LogP contribution in [0.4, 0.5) is 5.69 Å². The molecule has 0 saturated carbocycles.